The predicted octanol–water partition coefficient (Wildman–Crippen LogP) is 3.80. The van der Waals surface area contributed by atoms with Crippen LogP contribution < -0.4 is 10.6 Å². The Labute approximate surface area is 140 Å². The lowest BCUT2D eigenvalue weighted by molar-refractivity contribution is -0.131. The van der Waals surface area contributed by atoms with Crippen molar-refractivity contribution in [2.24, 2.45) is 5.41 Å². The molecule has 2 aromatic carbocycles. The maximum Gasteiger partial charge on any atom is 0.240 e. The molecule has 0 unspecified atom stereocenters. The molecule has 2 amide bonds. The Morgan fingerprint density at radius 1 is 0.917 bits per heavy atom. The number of hydrogen-bond donors (Lipinski definition) is 2. The highest BCUT2D eigenvalue weighted by molar-refractivity contribution is 6.17. The third kappa shape index (κ3) is 3.02. The van der Waals surface area contributed by atoms with E-state index in [-0.39, 0.29) is 17.6 Å². The third-order valence-corrected chi connectivity index (χ3v) is 4.44. The fraction of sp³-hybridized carbons (Fsp3) is 0.263. The Hall–Kier alpha value is -2.69. The Kier molecular flexibility index (Phi) is 4.09. The summed E-state index contributed by atoms with van der Waals surface area (Å²) in [5, 5.41) is 5.60. The van der Waals surface area contributed by atoms with Crippen LogP contribution in [-0.4, -0.2) is 11.8 Å². The topological polar surface area (TPSA) is 58.2 Å². The van der Waals surface area contributed by atoms with E-state index < -0.39 is 5.41 Å². The number of para-hydroxylation sites is 1. The molecule has 2 aromatic rings. The van der Waals surface area contributed by atoms with Gasteiger partial charge in [-0.15, -0.1) is 0 Å². The lowest BCUT2D eigenvalue weighted by Crippen LogP contribution is -2.36. The molecule has 24 heavy (non-hydrogen) atoms. The molecule has 0 aromatic heterocycles. The second kappa shape index (κ2) is 6.07. The average molecular weight is 326 g/mol. The normalized spacial score (nSPS) is 14.8. The van der Waals surface area contributed by atoms with E-state index in [1.807, 2.05) is 32.0 Å². The molecule has 0 bridgehead atoms. The highest BCUT2D eigenvalue weighted by atomic mass is 19.1. The summed E-state index contributed by atoms with van der Waals surface area (Å²) in [6, 6.07) is 11.3. The molecule has 0 spiro atoms. The van der Waals surface area contributed by atoms with Gasteiger partial charge in [0.2, 0.25) is 11.8 Å². The van der Waals surface area contributed by atoms with Crippen LogP contribution in [-0.2, 0) is 9.59 Å². The summed E-state index contributed by atoms with van der Waals surface area (Å²) in [4.78, 5) is 25.2. The van der Waals surface area contributed by atoms with Gasteiger partial charge in [-0.3, -0.25) is 9.59 Å². The number of hydrogen-bond acceptors (Lipinski definition) is 2. The van der Waals surface area contributed by atoms with Gasteiger partial charge in [0.05, 0.1) is 0 Å². The van der Waals surface area contributed by atoms with E-state index in [2.05, 4.69) is 10.6 Å². The van der Waals surface area contributed by atoms with Crippen LogP contribution in [0.3, 0.4) is 0 Å². The van der Waals surface area contributed by atoms with Gasteiger partial charge in [0.1, 0.15) is 11.2 Å². The molecule has 0 atom stereocenters. The zero-order valence-electron chi connectivity index (χ0n) is 13.7. The molecule has 124 valence electrons. The van der Waals surface area contributed by atoms with Crippen molar-refractivity contribution in [2.45, 2.75) is 26.7 Å². The molecule has 0 heterocycles. The van der Waals surface area contributed by atoms with Crippen molar-refractivity contribution in [3.8, 4) is 0 Å². The monoisotopic (exact) mass is 326 g/mol. The lowest BCUT2D eigenvalue weighted by atomic mass is 10.0. The summed E-state index contributed by atoms with van der Waals surface area (Å²) >= 11 is 0. The number of halogens is 1. The third-order valence-electron chi connectivity index (χ3n) is 4.44. The summed E-state index contributed by atoms with van der Waals surface area (Å²) in [5.41, 5.74) is 2.11. The second-order valence-electron chi connectivity index (χ2n) is 6.26. The van der Waals surface area contributed by atoms with Crippen LogP contribution in [0.5, 0.6) is 0 Å². The molecular formula is C19H19FN2O2. The van der Waals surface area contributed by atoms with Crippen LogP contribution in [0.4, 0.5) is 15.8 Å². The van der Waals surface area contributed by atoms with Crippen molar-refractivity contribution in [3.63, 3.8) is 0 Å². The minimum Gasteiger partial charge on any atom is -0.325 e. The highest BCUT2D eigenvalue weighted by Gasteiger charge is 2.56. The number of carbonyl (C=O) groups excluding carboxylic acids is 2. The van der Waals surface area contributed by atoms with Gasteiger partial charge in [-0.25, -0.2) is 4.39 Å². The first-order valence-corrected chi connectivity index (χ1v) is 7.87. The SMILES string of the molecule is Cc1cccc(C)c1NC(=O)C1(C(=O)Nc2ccc(F)cc2)CC1. The van der Waals surface area contributed by atoms with Crippen molar-refractivity contribution in [3.05, 3.63) is 59.4 Å². The molecule has 2 N–H and O–H groups in total. The molecule has 5 heteroatoms. The van der Waals surface area contributed by atoms with Crippen LogP contribution in [0, 0.1) is 25.1 Å². The average Bonchev–Trinajstić information content (AvgIpc) is 3.35. The molecule has 1 fully saturated rings. The van der Waals surface area contributed by atoms with E-state index in [0.29, 0.717) is 18.5 Å². The van der Waals surface area contributed by atoms with Gasteiger partial charge in [0, 0.05) is 11.4 Å². The van der Waals surface area contributed by atoms with Gasteiger partial charge in [-0.05, 0) is 62.1 Å². The molecule has 0 aliphatic heterocycles. The summed E-state index contributed by atoms with van der Waals surface area (Å²) in [6.07, 6.45) is 1.02. The van der Waals surface area contributed by atoms with Gasteiger partial charge in [-0.2, -0.15) is 0 Å². The van der Waals surface area contributed by atoms with Crippen LogP contribution in [0.2, 0.25) is 0 Å². The van der Waals surface area contributed by atoms with Crippen LogP contribution in [0.15, 0.2) is 42.5 Å². The van der Waals surface area contributed by atoms with E-state index in [4.69, 9.17) is 0 Å². The number of amides is 2. The fourth-order valence-electron chi connectivity index (χ4n) is 2.71. The smallest absolute Gasteiger partial charge is 0.240 e. The maximum atomic E-state index is 12.9. The van der Waals surface area contributed by atoms with Crippen molar-refractivity contribution in [1.29, 1.82) is 0 Å². The van der Waals surface area contributed by atoms with Gasteiger partial charge in [0.15, 0.2) is 0 Å². The summed E-state index contributed by atoms with van der Waals surface area (Å²) < 4.78 is 12.9. The van der Waals surface area contributed by atoms with Crippen LogP contribution in [0.1, 0.15) is 24.0 Å². The Morgan fingerprint density at radius 2 is 1.46 bits per heavy atom. The molecule has 3 rings (SSSR count). The van der Waals surface area contributed by atoms with E-state index in [9.17, 15) is 14.0 Å². The minimum absolute atomic E-state index is 0.292. The van der Waals surface area contributed by atoms with Crippen LogP contribution in [0.25, 0.3) is 0 Å². The zero-order chi connectivity index (χ0) is 17.3. The first-order chi connectivity index (χ1) is 11.4. The fourth-order valence-corrected chi connectivity index (χ4v) is 2.71. The van der Waals surface area contributed by atoms with E-state index >= 15 is 0 Å². The number of rotatable bonds is 4. The lowest BCUT2D eigenvalue weighted by Gasteiger charge is -2.17. The van der Waals surface area contributed by atoms with Crippen molar-refractivity contribution in [1.82, 2.24) is 0 Å². The number of nitrogens with one attached hydrogen (secondary N) is 2. The molecular weight excluding hydrogens is 307 g/mol. The van der Waals surface area contributed by atoms with E-state index in [1.54, 1.807) is 0 Å². The van der Waals surface area contributed by atoms with Gasteiger partial charge >= 0.3 is 0 Å². The van der Waals surface area contributed by atoms with Crippen molar-refractivity contribution in [2.75, 3.05) is 10.6 Å². The number of aryl methyl sites for hydroxylation is 2. The van der Waals surface area contributed by atoms with E-state index in [1.165, 1.54) is 24.3 Å². The number of benzene rings is 2. The second-order valence-corrected chi connectivity index (χ2v) is 6.26. The van der Waals surface area contributed by atoms with Crippen LogP contribution >= 0.6 is 0 Å². The quantitative estimate of drug-likeness (QED) is 0.840. The summed E-state index contributed by atoms with van der Waals surface area (Å²) in [5.74, 6) is -1.01. The summed E-state index contributed by atoms with van der Waals surface area (Å²) in [7, 11) is 0. The predicted molar refractivity (Wildman–Crippen MR) is 91.2 cm³/mol. The largest absolute Gasteiger partial charge is 0.325 e. The van der Waals surface area contributed by atoms with Gasteiger partial charge in [-0.1, -0.05) is 18.2 Å². The highest BCUT2D eigenvalue weighted by Crippen LogP contribution is 2.47. The first-order valence-electron chi connectivity index (χ1n) is 7.87. The van der Waals surface area contributed by atoms with Crippen molar-refractivity contribution < 1.29 is 14.0 Å². The molecule has 0 radical (unpaired) electrons. The van der Waals surface area contributed by atoms with Gasteiger partial charge < -0.3 is 10.6 Å². The maximum absolute atomic E-state index is 12.9. The summed E-state index contributed by atoms with van der Waals surface area (Å²) in [6.45, 7) is 3.83. The zero-order valence-corrected chi connectivity index (χ0v) is 13.7. The number of anilines is 2. The number of carbonyl (C=O) groups is 2. The standard InChI is InChI=1S/C19H19FN2O2/c1-12-4-3-5-13(2)16(12)22-18(24)19(10-11-19)17(23)21-15-8-6-14(20)7-9-15/h3-9H,10-11H2,1-2H3,(H,21,23)(H,22,24). The molecule has 0 saturated heterocycles. The molecule has 1 aliphatic rings. The molecule has 4 nitrogen and oxygen atoms in total. The molecule has 1 aliphatic carbocycles. The molecule has 1 saturated carbocycles. The minimum atomic E-state index is -1.04. The van der Waals surface area contributed by atoms with Gasteiger partial charge in [0.25, 0.3) is 0 Å². The van der Waals surface area contributed by atoms with Crippen molar-refractivity contribution >= 4 is 23.2 Å². The Balaban J connectivity index is 1.74. The Bertz CT molecular complexity index is 775. The Morgan fingerprint density at radius 3 is 2.00 bits per heavy atom. The van der Waals surface area contributed by atoms with E-state index in [0.717, 1.165) is 16.8 Å². The first kappa shape index (κ1) is 16.2.